The van der Waals surface area contributed by atoms with Crippen LogP contribution in [0.2, 0.25) is 0 Å². The van der Waals surface area contributed by atoms with E-state index in [2.05, 4.69) is 114 Å². The van der Waals surface area contributed by atoms with Gasteiger partial charge in [-0.05, 0) is 110 Å². The van der Waals surface area contributed by atoms with Crippen LogP contribution >= 0.6 is 0 Å². The minimum atomic E-state index is -0.124. The molecule has 2 saturated carbocycles. The number of rotatable bonds is 8. The van der Waals surface area contributed by atoms with E-state index in [0.717, 1.165) is 43.2 Å². The molecule has 2 heteroatoms. The van der Waals surface area contributed by atoms with Crippen molar-refractivity contribution in [3.05, 3.63) is 57.6 Å². The van der Waals surface area contributed by atoms with Crippen LogP contribution in [0, 0.1) is 42.9 Å². The summed E-state index contributed by atoms with van der Waals surface area (Å²) >= 11 is 0. The minimum Gasteiger partial charge on any atom is -0.507 e. The average Bonchev–Trinajstić information content (AvgIpc) is 3.49. The molecule has 0 amide bonds. The smallest absolute Gasteiger partial charge is 0.123 e. The van der Waals surface area contributed by atoms with Gasteiger partial charge in [0.05, 0.1) is 0 Å². The van der Waals surface area contributed by atoms with Gasteiger partial charge in [-0.2, -0.15) is 0 Å². The Morgan fingerprint density at radius 2 is 1.23 bits per heavy atom. The van der Waals surface area contributed by atoms with Crippen molar-refractivity contribution in [2.24, 2.45) is 29.1 Å². The van der Waals surface area contributed by atoms with Crippen molar-refractivity contribution in [1.29, 1.82) is 0 Å². The first kappa shape index (κ1) is 33.9. The third-order valence-electron chi connectivity index (χ3n) is 13.0. The normalized spacial score (nSPS) is 24.9. The van der Waals surface area contributed by atoms with Crippen LogP contribution < -0.4 is 0 Å². The fraction of sp³-hybridized carbons (Fsp3) is 0.707. The maximum atomic E-state index is 12.3. The molecule has 2 aliphatic rings. The quantitative estimate of drug-likeness (QED) is 0.322. The molecule has 2 nitrogen and oxygen atoms in total. The molecule has 240 valence electrons. The summed E-state index contributed by atoms with van der Waals surface area (Å²) in [5.41, 5.74) is 6.84. The first-order valence-corrected chi connectivity index (χ1v) is 17.6. The Morgan fingerprint density at radius 1 is 0.698 bits per heavy atom. The van der Waals surface area contributed by atoms with Crippen LogP contribution in [0.15, 0.2) is 24.3 Å². The molecule has 5 atom stereocenters. The Balaban J connectivity index is 1.92. The molecule has 0 saturated heterocycles. The molecular weight excluding hydrogens is 524 g/mol. The van der Waals surface area contributed by atoms with Crippen molar-refractivity contribution in [2.75, 3.05) is 0 Å². The molecule has 0 aromatic heterocycles. The topological polar surface area (TPSA) is 40.5 Å². The van der Waals surface area contributed by atoms with Crippen LogP contribution in [0.5, 0.6) is 11.5 Å². The Bertz CT molecular complexity index is 1290. The second-order valence-electron chi connectivity index (χ2n) is 16.9. The highest BCUT2D eigenvalue weighted by Gasteiger charge is 2.57. The second-order valence-corrected chi connectivity index (χ2v) is 16.9. The third kappa shape index (κ3) is 5.35. The summed E-state index contributed by atoms with van der Waals surface area (Å²) in [5, 5.41) is 24.3. The molecule has 2 aromatic carbocycles. The van der Waals surface area contributed by atoms with Crippen LogP contribution in [0.4, 0.5) is 0 Å². The van der Waals surface area contributed by atoms with Crippen molar-refractivity contribution in [2.45, 2.75) is 157 Å². The highest BCUT2D eigenvalue weighted by Crippen LogP contribution is 2.65. The first-order valence-electron chi connectivity index (χ1n) is 17.6. The predicted octanol–water partition coefficient (Wildman–Crippen LogP) is 11.6. The number of fused-ring (bicyclic) bond motifs is 1. The van der Waals surface area contributed by atoms with Gasteiger partial charge in [0.1, 0.15) is 11.5 Å². The lowest BCUT2D eigenvalue weighted by atomic mass is 9.58. The van der Waals surface area contributed by atoms with Crippen molar-refractivity contribution in [3.8, 4) is 11.5 Å². The second kappa shape index (κ2) is 11.8. The first-order chi connectivity index (χ1) is 19.9. The molecule has 2 fully saturated rings. The van der Waals surface area contributed by atoms with E-state index in [-0.39, 0.29) is 21.7 Å². The predicted molar refractivity (Wildman–Crippen MR) is 185 cm³/mol. The summed E-state index contributed by atoms with van der Waals surface area (Å²) in [6, 6.07) is 9.12. The lowest BCUT2D eigenvalue weighted by molar-refractivity contribution is 0.159. The standard InChI is InChI=1S/C41H64O2/c1-14-40(15-2,33-22-26(6)21-32(37(33)43)38(8,9)10)31-24-27(7)28-18-19-29(35(28)31)30-20-25(5)23-34(36(30)42)41(16-3,17-4)39(11,12)13/h20-23,27-29,31,35,42-43H,14-19,24H2,1-13H3. The summed E-state index contributed by atoms with van der Waals surface area (Å²) in [7, 11) is 0. The fourth-order valence-electron chi connectivity index (χ4n) is 10.6. The minimum absolute atomic E-state index is 0.0364. The number of phenolic OH excluding ortho intramolecular Hbond substituents is 2. The van der Waals surface area contributed by atoms with Crippen molar-refractivity contribution >= 4 is 0 Å². The van der Waals surface area contributed by atoms with Crippen molar-refractivity contribution in [1.82, 2.24) is 0 Å². The van der Waals surface area contributed by atoms with E-state index < -0.39 is 0 Å². The molecule has 2 aliphatic carbocycles. The summed E-state index contributed by atoms with van der Waals surface area (Å²) < 4.78 is 0. The zero-order chi connectivity index (χ0) is 32.3. The molecule has 0 bridgehead atoms. The van der Waals surface area contributed by atoms with E-state index in [1.807, 2.05) is 0 Å². The third-order valence-corrected chi connectivity index (χ3v) is 13.0. The Hall–Kier alpha value is -1.96. The molecular formula is C41H64O2. The van der Waals surface area contributed by atoms with Gasteiger partial charge in [0.2, 0.25) is 0 Å². The Morgan fingerprint density at radius 3 is 1.74 bits per heavy atom. The number of aryl methyl sites for hydroxylation is 2. The van der Waals surface area contributed by atoms with Crippen LogP contribution in [0.3, 0.4) is 0 Å². The highest BCUT2D eigenvalue weighted by atomic mass is 16.3. The summed E-state index contributed by atoms with van der Waals surface area (Å²) in [4.78, 5) is 0. The maximum absolute atomic E-state index is 12.3. The van der Waals surface area contributed by atoms with Crippen molar-refractivity contribution in [3.63, 3.8) is 0 Å². The average molecular weight is 589 g/mol. The zero-order valence-corrected chi connectivity index (χ0v) is 30.0. The Labute approximate surface area is 265 Å². The molecule has 5 unspecified atom stereocenters. The molecule has 0 radical (unpaired) electrons. The van der Waals surface area contributed by atoms with Crippen LogP contribution in [0.1, 0.15) is 160 Å². The fourth-order valence-corrected chi connectivity index (χ4v) is 10.6. The van der Waals surface area contributed by atoms with E-state index >= 15 is 0 Å². The van der Waals surface area contributed by atoms with E-state index in [9.17, 15) is 10.2 Å². The molecule has 2 N–H and O–H groups in total. The van der Waals surface area contributed by atoms with E-state index in [4.69, 9.17) is 0 Å². The van der Waals surface area contributed by atoms with Gasteiger partial charge in [-0.1, -0.05) is 112 Å². The lowest BCUT2D eigenvalue weighted by Crippen LogP contribution is -2.40. The van der Waals surface area contributed by atoms with Crippen LogP contribution in [-0.2, 0) is 16.2 Å². The van der Waals surface area contributed by atoms with Gasteiger partial charge in [-0.25, -0.2) is 0 Å². The van der Waals surface area contributed by atoms with Gasteiger partial charge >= 0.3 is 0 Å². The number of benzene rings is 2. The van der Waals surface area contributed by atoms with E-state index in [1.165, 1.54) is 35.1 Å². The lowest BCUT2D eigenvalue weighted by Gasteiger charge is -2.46. The summed E-state index contributed by atoms with van der Waals surface area (Å²) in [6.07, 6.45) is 7.63. The van der Waals surface area contributed by atoms with Gasteiger partial charge in [0, 0.05) is 22.0 Å². The van der Waals surface area contributed by atoms with E-state index in [0.29, 0.717) is 41.1 Å². The zero-order valence-electron chi connectivity index (χ0n) is 30.0. The van der Waals surface area contributed by atoms with Crippen molar-refractivity contribution < 1.29 is 10.2 Å². The maximum Gasteiger partial charge on any atom is 0.123 e. The molecule has 43 heavy (non-hydrogen) atoms. The Kier molecular flexibility index (Phi) is 9.28. The summed E-state index contributed by atoms with van der Waals surface area (Å²) in [6.45, 7) is 29.9. The SMILES string of the molecule is CCC(CC)(c1cc(C)cc(C(C)(C)C)c1O)C1CC(C)C2CCC(c3cc(C)cc(C(CC)(CC)C(C)(C)C)c3O)C21. The molecule has 0 spiro atoms. The van der Waals surface area contributed by atoms with Gasteiger partial charge in [0.25, 0.3) is 0 Å². The van der Waals surface area contributed by atoms with Crippen LogP contribution in [0.25, 0.3) is 0 Å². The van der Waals surface area contributed by atoms with E-state index in [1.54, 1.807) is 0 Å². The number of hydrogen-bond acceptors (Lipinski definition) is 2. The molecule has 0 aliphatic heterocycles. The number of hydrogen-bond donors (Lipinski definition) is 2. The van der Waals surface area contributed by atoms with Gasteiger partial charge < -0.3 is 10.2 Å². The molecule has 0 heterocycles. The largest absolute Gasteiger partial charge is 0.507 e. The monoisotopic (exact) mass is 588 g/mol. The van der Waals surface area contributed by atoms with Gasteiger partial charge in [-0.3, -0.25) is 0 Å². The highest BCUT2D eigenvalue weighted by molar-refractivity contribution is 5.53. The molecule has 4 rings (SSSR count). The number of phenols is 2. The molecule has 2 aromatic rings. The van der Waals surface area contributed by atoms with Gasteiger partial charge in [0.15, 0.2) is 0 Å². The van der Waals surface area contributed by atoms with Gasteiger partial charge in [-0.15, -0.1) is 0 Å². The summed E-state index contributed by atoms with van der Waals surface area (Å²) in [5.74, 6) is 3.71. The number of aromatic hydroxyl groups is 2. The van der Waals surface area contributed by atoms with Crippen LogP contribution in [-0.4, -0.2) is 10.2 Å².